The molecule has 102 valence electrons. The van der Waals surface area contributed by atoms with Gasteiger partial charge in [0.15, 0.2) is 9.84 Å². The second-order valence-corrected chi connectivity index (χ2v) is 6.60. The maximum absolute atomic E-state index is 13.0. The van der Waals surface area contributed by atoms with E-state index in [2.05, 4.69) is 0 Å². The molecule has 0 aromatic heterocycles. The number of nitrogens with two attached hydrogens (primary N) is 1. The number of sulfone groups is 1. The quantitative estimate of drug-likeness (QED) is 0.776. The molecule has 1 aromatic carbocycles. The van der Waals surface area contributed by atoms with Gasteiger partial charge in [-0.3, -0.25) is 0 Å². The molecule has 0 saturated heterocycles. The molecule has 18 heavy (non-hydrogen) atoms. The van der Waals surface area contributed by atoms with Gasteiger partial charge < -0.3 is 5.73 Å². The van der Waals surface area contributed by atoms with E-state index in [1.807, 2.05) is 6.92 Å². The van der Waals surface area contributed by atoms with Crippen molar-refractivity contribution < 1.29 is 12.8 Å². The highest BCUT2D eigenvalue weighted by Crippen LogP contribution is 2.15. The van der Waals surface area contributed by atoms with Crippen LogP contribution in [-0.4, -0.2) is 14.2 Å². The van der Waals surface area contributed by atoms with Gasteiger partial charge in [-0.1, -0.05) is 25.8 Å². The predicted molar refractivity (Wildman–Crippen MR) is 71.3 cm³/mol. The Morgan fingerprint density at radius 2 is 1.94 bits per heavy atom. The molecule has 1 rings (SSSR count). The summed E-state index contributed by atoms with van der Waals surface area (Å²) in [5, 5.41) is 0. The van der Waals surface area contributed by atoms with Crippen molar-refractivity contribution in [1.29, 1.82) is 0 Å². The zero-order valence-electron chi connectivity index (χ0n) is 10.7. The Bertz CT molecular complexity index is 486. The van der Waals surface area contributed by atoms with E-state index in [0.29, 0.717) is 17.5 Å². The molecule has 0 amide bonds. The summed E-state index contributed by atoms with van der Waals surface area (Å²) < 4.78 is 36.8. The summed E-state index contributed by atoms with van der Waals surface area (Å²) in [6.45, 7) is 2.18. The van der Waals surface area contributed by atoms with Crippen LogP contribution in [0.15, 0.2) is 18.2 Å². The topological polar surface area (TPSA) is 60.2 Å². The van der Waals surface area contributed by atoms with Crippen molar-refractivity contribution >= 4 is 9.84 Å². The summed E-state index contributed by atoms with van der Waals surface area (Å²) >= 11 is 0. The van der Waals surface area contributed by atoms with Gasteiger partial charge in [0.2, 0.25) is 0 Å². The summed E-state index contributed by atoms with van der Waals surface area (Å²) in [6.07, 6.45) is 2.57. The van der Waals surface area contributed by atoms with Gasteiger partial charge in [-0.25, -0.2) is 12.8 Å². The molecule has 0 unspecified atom stereocenters. The Morgan fingerprint density at radius 3 is 2.56 bits per heavy atom. The second kappa shape index (κ2) is 6.85. The first-order valence-corrected chi connectivity index (χ1v) is 7.98. The highest BCUT2D eigenvalue weighted by Gasteiger charge is 2.14. The minimum absolute atomic E-state index is 0.0521. The van der Waals surface area contributed by atoms with Crippen LogP contribution in [0.1, 0.15) is 37.3 Å². The summed E-state index contributed by atoms with van der Waals surface area (Å²) in [4.78, 5) is 0. The van der Waals surface area contributed by atoms with E-state index < -0.39 is 9.84 Å². The molecule has 2 N–H and O–H groups in total. The molecule has 0 radical (unpaired) electrons. The maximum Gasteiger partial charge on any atom is 0.154 e. The number of hydrogen-bond acceptors (Lipinski definition) is 3. The zero-order valence-corrected chi connectivity index (χ0v) is 11.5. The molecule has 5 heteroatoms. The molecule has 1 aromatic rings. The fourth-order valence-corrected chi connectivity index (χ4v) is 3.35. The minimum atomic E-state index is -3.13. The Morgan fingerprint density at radius 1 is 1.22 bits per heavy atom. The molecule has 0 saturated carbocycles. The van der Waals surface area contributed by atoms with Crippen LogP contribution in [0.3, 0.4) is 0 Å². The van der Waals surface area contributed by atoms with Crippen molar-refractivity contribution in [2.45, 2.75) is 38.5 Å². The van der Waals surface area contributed by atoms with Gasteiger partial charge >= 0.3 is 0 Å². The standard InChI is InChI=1S/C13H20FNO2S/c1-2-3-4-7-18(16,17)10-11-5-6-13(14)8-12(11)9-15/h5-6,8H,2-4,7,9-10,15H2,1H3. The van der Waals surface area contributed by atoms with Gasteiger partial charge in [-0.2, -0.15) is 0 Å². The molecule has 0 atom stereocenters. The van der Waals surface area contributed by atoms with Crippen LogP contribution >= 0.6 is 0 Å². The summed E-state index contributed by atoms with van der Waals surface area (Å²) in [7, 11) is -3.13. The first-order chi connectivity index (χ1) is 8.48. The van der Waals surface area contributed by atoms with Crippen LogP contribution < -0.4 is 5.73 Å². The third-order valence-electron chi connectivity index (χ3n) is 2.82. The van der Waals surface area contributed by atoms with E-state index >= 15 is 0 Å². The van der Waals surface area contributed by atoms with E-state index in [0.717, 1.165) is 12.8 Å². The van der Waals surface area contributed by atoms with Crippen LogP contribution in [0, 0.1) is 5.82 Å². The Kier molecular flexibility index (Phi) is 5.75. The summed E-state index contributed by atoms with van der Waals surface area (Å²) in [5.41, 5.74) is 6.67. The molecule has 0 bridgehead atoms. The Hall–Kier alpha value is -0.940. The van der Waals surface area contributed by atoms with Crippen molar-refractivity contribution in [3.05, 3.63) is 35.1 Å². The third-order valence-corrected chi connectivity index (χ3v) is 4.48. The lowest BCUT2D eigenvalue weighted by Gasteiger charge is -2.09. The second-order valence-electron chi connectivity index (χ2n) is 4.42. The third kappa shape index (κ3) is 4.74. The Balaban J connectivity index is 2.77. The number of rotatable bonds is 7. The number of hydrogen-bond donors (Lipinski definition) is 1. The maximum atomic E-state index is 13.0. The largest absolute Gasteiger partial charge is 0.326 e. The normalized spacial score (nSPS) is 11.7. The van der Waals surface area contributed by atoms with E-state index in [-0.39, 0.29) is 23.9 Å². The zero-order chi connectivity index (χ0) is 13.6. The van der Waals surface area contributed by atoms with E-state index in [4.69, 9.17) is 5.73 Å². The van der Waals surface area contributed by atoms with E-state index in [9.17, 15) is 12.8 Å². The average Bonchev–Trinajstić information content (AvgIpc) is 2.31. The summed E-state index contributed by atoms with van der Waals surface area (Å²) in [5.74, 6) is -0.256. The lowest BCUT2D eigenvalue weighted by atomic mass is 10.1. The first kappa shape index (κ1) is 15.1. The summed E-state index contributed by atoms with van der Waals surface area (Å²) in [6, 6.07) is 4.09. The highest BCUT2D eigenvalue weighted by atomic mass is 32.2. The number of halogens is 1. The average molecular weight is 273 g/mol. The van der Waals surface area contributed by atoms with Crippen LogP contribution in [0.4, 0.5) is 4.39 Å². The molecule has 0 aliphatic rings. The van der Waals surface area contributed by atoms with Gasteiger partial charge in [0.1, 0.15) is 5.82 Å². The Labute approximate surface area is 108 Å². The lowest BCUT2D eigenvalue weighted by Crippen LogP contribution is -2.12. The van der Waals surface area contributed by atoms with Crippen molar-refractivity contribution in [3.63, 3.8) is 0 Å². The van der Waals surface area contributed by atoms with Gasteiger partial charge in [-0.05, 0) is 29.7 Å². The SMILES string of the molecule is CCCCCS(=O)(=O)Cc1ccc(F)cc1CN. The molecule has 0 aliphatic heterocycles. The molecular formula is C13H20FNO2S. The highest BCUT2D eigenvalue weighted by molar-refractivity contribution is 7.90. The van der Waals surface area contributed by atoms with Crippen LogP contribution in [0.2, 0.25) is 0 Å². The van der Waals surface area contributed by atoms with Gasteiger partial charge in [-0.15, -0.1) is 0 Å². The van der Waals surface area contributed by atoms with Gasteiger partial charge in [0, 0.05) is 6.54 Å². The van der Waals surface area contributed by atoms with Crippen LogP contribution in [-0.2, 0) is 22.1 Å². The fourth-order valence-electron chi connectivity index (χ4n) is 1.81. The van der Waals surface area contributed by atoms with Crippen LogP contribution in [0.25, 0.3) is 0 Å². The smallest absolute Gasteiger partial charge is 0.154 e. The van der Waals surface area contributed by atoms with Crippen molar-refractivity contribution in [2.24, 2.45) is 5.73 Å². The number of unbranched alkanes of at least 4 members (excludes halogenated alkanes) is 2. The monoisotopic (exact) mass is 273 g/mol. The van der Waals surface area contributed by atoms with Crippen molar-refractivity contribution in [2.75, 3.05) is 5.75 Å². The van der Waals surface area contributed by atoms with Crippen LogP contribution in [0.5, 0.6) is 0 Å². The molecule has 3 nitrogen and oxygen atoms in total. The predicted octanol–water partition coefficient (Wildman–Crippen LogP) is 2.39. The van der Waals surface area contributed by atoms with Crippen molar-refractivity contribution in [3.8, 4) is 0 Å². The van der Waals surface area contributed by atoms with Gasteiger partial charge in [0.05, 0.1) is 11.5 Å². The van der Waals surface area contributed by atoms with Gasteiger partial charge in [0.25, 0.3) is 0 Å². The molecule has 0 fully saturated rings. The molecule has 0 aliphatic carbocycles. The molecular weight excluding hydrogens is 253 g/mol. The minimum Gasteiger partial charge on any atom is -0.326 e. The van der Waals surface area contributed by atoms with Crippen molar-refractivity contribution in [1.82, 2.24) is 0 Å². The molecule has 0 heterocycles. The van der Waals surface area contributed by atoms with E-state index in [1.54, 1.807) is 0 Å². The number of benzene rings is 1. The van der Waals surface area contributed by atoms with E-state index in [1.165, 1.54) is 18.2 Å². The molecule has 0 spiro atoms. The lowest BCUT2D eigenvalue weighted by molar-refractivity contribution is 0.589. The fraction of sp³-hybridized carbons (Fsp3) is 0.538. The first-order valence-electron chi connectivity index (χ1n) is 6.16.